The maximum Gasteiger partial charge on any atom is 0.315 e. The maximum absolute atomic E-state index is 11.4. The summed E-state index contributed by atoms with van der Waals surface area (Å²) in [5.41, 5.74) is -0.177. The highest BCUT2D eigenvalue weighted by atomic mass is 16.4. The largest absolute Gasteiger partial charge is 0.481 e. The molecule has 4 heteroatoms. The van der Waals surface area contributed by atoms with Crippen molar-refractivity contribution in [2.45, 2.75) is 37.5 Å². The van der Waals surface area contributed by atoms with Gasteiger partial charge in [-0.25, -0.2) is 0 Å². The van der Waals surface area contributed by atoms with Crippen LogP contribution in [0.1, 0.15) is 37.8 Å². The molecule has 0 amide bonds. The lowest BCUT2D eigenvalue weighted by molar-refractivity contribution is -0.145. The SMILES string of the molecule is O=C(O)C1(c2cnccn2)CCCCC1. The molecule has 1 aromatic rings. The molecule has 1 heterocycles. The zero-order valence-corrected chi connectivity index (χ0v) is 8.52. The third-order valence-corrected chi connectivity index (χ3v) is 3.17. The lowest BCUT2D eigenvalue weighted by Crippen LogP contribution is -2.38. The van der Waals surface area contributed by atoms with Crippen LogP contribution in [0.2, 0.25) is 0 Å². The predicted octanol–water partition coefficient (Wildman–Crippen LogP) is 1.76. The first-order valence-electron chi connectivity index (χ1n) is 5.26. The minimum atomic E-state index is -0.785. The van der Waals surface area contributed by atoms with Crippen molar-refractivity contribution in [2.24, 2.45) is 0 Å². The zero-order chi connectivity index (χ0) is 10.7. The monoisotopic (exact) mass is 206 g/mol. The van der Waals surface area contributed by atoms with Gasteiger partial charge in [0.1, 0.15) is 5.41 Å². The lowest BCUT2D eigenvalue weighted by Gasteiger charge is -2.32. The van der Waals surface area contributed by atoms with Gasteiger partial charge in [-0.05, 0) is 12.8 Å². The number of carbonyl (C=O) groups is 1. The van der Waals surface area contributed by atoms with E-state index in [4.69, 9.17) is 0 Å². The molecule has 4 nitrogen and oxygen atoms in total. The van der Waals surface area contributed by atoms with Gasteiger partial charge in [0.15, 0.2) is 0 Å². The molecule has 0 aliphatic heterocycles. The molecule has 1 aromatic heterocycles. The van der Waals surface area contributed by atoms with E-state index < -0.39 is 11.4 Å². The fraction of sp³-hybridized carbons (Fsp3) is 0.545. The molecule has 0 radical (unpaired) electrons. The fourth-order valence-electron chi connectivity index (χ4n) is 2.28. The summed E-state index contributed by atoms with van der Waals surface area (Å²) in [4.78, 5) is 19.5. The summed E-state index contributed by atoms with van der Waals surface area (Å²) in [5, 5.41) is 9.37. The molecule has 2 rings (SSSR count). The van der Waals surface area contributed by atoms with Crippen molar-refractivity contribution < 1.29 is 9.90 Å². The highest BCUT2D eigenvalue weighted by Gasteiger charge is 2.42. The molecule has 1 saturated carbocycles. The zero-order valence-electron chi connectivity index (χ0n) is 8.52. The third kappa shape index (κ3) is 1.71. The summed E-state index contributed by atoms with van der Waals surface area (Å²) >= 11 is 0. The molecular formula is C11H14N2O2. The van der Waals surface area contributed by atoms with E-state index in [-0.39, 0.29) is 0 Å². The van der Waals surface area contributed by atoms with E-state index in [1.165, 1.54) is 0 Å². The van der Waals surface area contributed by atoms with Gasteiger partial charge in [0.05, 0.1) is 5.69 Å². The van der Waals surface area contributed by atoms with Crippen molar-refractivity contribution in [3.05, 3.63) is 24.3 Å². The normalized spacial score (nSPS) is 19.7. The van der Waals surface area contributed by atoms with Crippen molar-refractivity contribution in [2.75, 3.05) is 0 Å². The molecule has 1 aliphatic rings. The van der Waals surface area contributed by atoms with Crippen LogP contribution in [-0.4, -0.2) is 21.0 Å². The van der Waals surface area contributed by atoms with Crippen molar-refractivity contribution in [3.63, 3.8) is 0 Å². The summed E-state index contributed by atoms with van der Waals surface area (Å²) < 4.78 is 0. The Hall–Kier alpha value is -1.45. The smallest absolute Gasteiger partial charge is 0.315 e. The number of hydrogen-bond acceptors (Lipinski definition) is 3. The molecule has 1 fully saturated rings. The van der Waals surface area contributed by atoms with Gasteiger partial charge in [-0.3, -0.25) is 14.8 Å². The quantitative estimate of drug-likeness (QED) is 0.800. The van der Waals surface area contributed by atoms with Gasteiger partial charge < -0.3 is 5.11 Å². The van der Waals surface area contributed by atoms with E-state index >= 15 is 0 Å². The number of carboxylic acids is 1. The van der Waals surface area contributed by atoms with Crippen molar-refractivity contribution in [1.82, 2.24) is 9.97 Å². The van der Waals surface area contributed by atoms with Crippen LogP contribution in [0.25, 0.3) is 0 Å². The minimum absolute atomic E-state index is 0.609. The molecule has 80 valence electrons. The van der Waals surface area contributed by atoms with Crippen LogP contribution in [0.15, 0.2) is 18.6 Å². The summed E-state index contributed by atoms with van der Waals surface area (Å²) in [5.74, 6) is -0.761. The molecule has 0 bridgehead atoms. The van der Waals surface area contributed by atoms with E-state index in [0.29, 0.717) is 18.5 Å². The number of aliphatic carboxylic acids is 1. The topological polar surface area (TPSA) is 63.1 Å². The van der Waals surface area contributed by atoms with Crippen LogP contribution >= 0.6 is 0 Å². The van der Waals surface area contributed by atoms with Gasteiger partial charge in [-0.15, -0.1) is 0 Å². The van der Waals surface area contributed by atoms with E-state index in [9.17, 15) is 9.90 Å². The van der Waals surface area contributed by atoms with E-state index in [1.54, 1.807) is 18.6 Å². The Balaban J connectivity index is 2.38. The molecule has 0 saturated heterocycles. The Morgan fingerprint density at radius 1 is 1.27 bits per heavy atom. The van der Waals surface area contributed by atoms with Gasteiger partial charge in [0.2, 0.25) is 0 Å². The summed E-state index contributed by atoms with van der Waals surface area (Å²) in [6, 6.07) is 0. The summed E-state index contributed by atoms with van der Waals surface area (Å²) in [7, 11) is 0. The van der Waals surface area contributed by atoms with E-state index in [0.717, 1.165) is 19.3 Å². The molecule has 1 N–H and O–H groups in total. The molecular weight excluding hydrogens is 192 g/mol. The molecule has 0 atom stereocenters. The van der Waals surface area contributed by atoms with Gasteiger partial charge >= 0.3 is 5.97 Å². The number of hydrogen-bond donors (Lipinski definition) is 1. The van der Waals surface area contributed by atoms with E-state index in [2.05, 4.69) is 9.97 Å². The van der Waals surface area contributed by atoms with Crippen molar-refractivity contribution in [3.8, 4) is 0 Å². The van der Waals surface area contributed by atoms with Gasteiger partial charge in [0, 0.05) is 18.6 Å². The van der Waals surface area contributed by atoms with Gasteiger partial charge in [-0.1, -0.05) is 19.3 Å². The van der Waals surface area contributed by atoms with Crippen LogP contribution < -0.4 is 0 Å². The van der Waals surface area contributed by atoms with Gasteiger partial charge in [0.25, 0.3) is 0 Å². The first-order valence-corrected chi connectivity index (χ1v) is 5.26. The predicted molar refractivity (Wildman–Crippen MR) is 54.4 cm³/mol. The second-order valence-electron chi connectivity index (χ2n) is 4.04. The highest BCUT2D eigenvalue weighted by Crippen LogP contribution is 2.38. The Morgan fingerprint density at radius 2 is 2.00 bits per heavy atom. The average Bonchev–Trinajstić information content (AvgIpc) is 2.31. The standard InChI is InChI=1S/C11H14N2O2/c14-10(15)11(4-2-1-3-5-11)9-8-12-6-7-13-9/h6-8H,1-5H2,(H,14,15). The highest BCUT2D eigenvalue weighted by molar-refractivity contribution is 5.80. The molecule has 15 heavy (non-hydrogen) atoms. The minimum Gasteiger partial charge on any atom is -0.481 e. The average molecular weight is 206 g/mol. The number of aromatic nitrogens is 2. The molecule has 0 spiro atoms. The Kier molecular flexibility index (Phi) is 2.66. The summed E-state index contributed by atoms with van der Waals surface area (Å²) in [6.45, 7) is 0. The van der Waals surface area contributed by atoms with Crippen molar-refractivity contribution >= 4 is 5.97 Å². The Bertz CT molecular complexity index is 345. The van der Waals surface area contributed by atoms with Crippen LogP contribution in [0.4, 0.5) is 0 Å². The van der Waals surface area contributed by atoms with E-state index in [1.807, 2.05) is 0 Å². The number of carboxylic acid groups (broad SMARTS) is 1. The number of rotatable bonds is 2. The van der Waals surface area contributed by atoms with Crippen LogP contribution in [0.3, 0.4) is 0 Å². The third-order valence-electron chi connectivity index (χ3n) is 3.17. The lowest BCUT2D eigenvalue weighted by atomic mass is 9.72. The first-order chi connectivity index (χ1) is 7.26. The molecule has 1 aliphatic carbocycles. The Morgan fingerprint density at radius 3 is 2.53 bits per heavy atom. The van der Waals surface area contributed by atoms with Crippen LogP contribution in [0.5, 0.6) is 0 Å². The summed E-state index contributed by atoms with van der Waals surface area (Å²) in [6.07, 6.45) is 9.12. The first kappa shape index (κ1) is 10.1. The second kappa shape index (κ2) is 3.96. The molecule has 0 unspecified atom stereocenters. The van der Waals surface area contributed by atoms with Crippen molar-refractivity contribution in [1.29, 1.82) is 0 Å². The van der Waals surface area contributed by atoms with Crippen LogP contribution in [0, 0.1) is 0 Å². The number of nitrogens with zero attached hydrogens (tertiary/aromatic N) is 2. The fourth-order valence-corrected chi connectivity index (χ4v) is 2.28. The Labute approximate surface area is 88.4 Å². The molecule has 0 aromatic carbocycles. The van der Waals surface area contributed by atoms with Crippen LogP contribution in [-0.2, 0) is 10.2 Å². The second-order valence-corrected chi connectivity index (χ2v) is 4.04. The maximum atomic E-state index is 11.4. The van der Waals surface area contributed by atoms with Gasteiger partial charge in [-0.2, -0.15) is 0 Å².